The van der Waals surface area contributed by atoms with Gasteiger partial charge in [0.15, 0.2) is 0 Å². The Labute approximate surface area is 93.3 Å². The highest BCUT2D eigenvalue weighted by Gasteiger charge is 2.11. The summed E-state index contributed by atoms with van der Waals surface area (Å²) in [5.74, 6) is 4.25. The van der Waals surface area contributed by atoms with Gasteiger partial charge in [-0.3, -0.25) is 4.99 Å². The maximum absolute atomic E-state index is 13.5. The second-order valence-electron chi connectivity index (χ2n) is 3.46. The fourth-order valence-electron chi connectivity index (χ4n) is 1.27. The van der Waals surface area contributed by atoms with Crippen LogP contribution in [0.1, 0.15) is 24.5 Å². The molecule has 0 spiro atoms. The first kappa shape index (κ1) is 12.6. The molecule has 3 nitrogen and oxygen atoms in total. The van der Waals surface area contributed by atoms with Gasteiger partial charge < -0.3 is 5.43 Å². The third-order valence-corrected chi connectivity index (χ3v) is 2.13. The zero-order valence-electron chi connectivity index (χ0n) is 9.35. The number of nitrogens with zero attached hydrogens (tertiary/aromatic N) is 1. The first-order valence-electron chi connectivity index (χ1n) is 5.07. The van der Waals surface area contributed by atoms with Gasteiger partial charge in [-0.15, -0.1) is 0 Å². The highest BCUT2D eigenvalue weighted by molar-refractivity contribution is 5.98. The molecule has 0 atom stereocenters. The van der Waals surface area contributed by atoms with Gasteiger partial charge in [0.1, 0.15) is 17.5 Å². The van der Waals surface area contributed by atoms with Crippen LogP contribution in [0.15, 0.2) is 17.1 Å². The molecular weight excluding hydrogens is 212 g/mol. The van der Waals surface area contributed by atoms with E-state index < -0.39 is 11.6 Å². The van der Waals surface area contributed by atoms with Gasteiger partial charge in [0.05, 0.1) is 5.56 Å². The van der Waals surface area contributed by atoms with Gasteiger partial charge in [0.25, 0.3) is 0 Å². The lowest BCUT2D eigenvalue weighted by Crippen LogP contribution is -2.32. The number of rotatable bonds is 3. The summed E-state index contributed by atoms with van der Waals surface area (Å²) in [6.45, 7) is 4.05. The lowest BCUT2D eigenvalue weighted by Gasteiger charge is -2.08. The number of aliphatic imine (C=N–C) groups is 1. The molecular formula is C11H15F2N3. The molecule has 0 heterocycles. The Kier molecular flexibility index (Phi) is 4.37. The Morgan fingerprint density at radius 1 is 1.38 bits per heavy atom. The van der Waals surface area contributed by atoms with Crippen LogP contribution in [0.4, 0.5) is 8.78 Å². The zero-order chi connectivity index (χ0) is 12.1. The molecule has 5 heteroatoms. The molecule has 0 aliphatic carbocycles. The summed E-state index contributed by atoms with van der Waals surface area (Å²) in [5.41, 5.74) is 2.88. The molecule has 0 fully saturated rings. The van der Waals surface area contributed by atoms with Crippen molar-refractivity contribution in [1.29, 1.82) is 0 Å². The van der Waals surface area contributed by atoms with Gasteiger partial charge in [-0.05, 0) is 25.0 Å². The summed E-state index contributed by atoms with van der Waals surface area (Å²) in [6, 6.07) is 2.22. The van der Waals surface area contributed by atoms with Crippen molar-refractivity contribution in [3.63, 3.8) is 0 Å². The molecule has 0 unspecified atom stereocenters. The molecule has 0 saturated carbocycles. The van der Waals surface area contributed by atoms with Crippen LogP contribution in [0.25, 0.3) is 0 Å². The van der Waals surface area contributed by atoms with Crippen molar-refractivity contribution in [3.05, 3.63) is 34.9 Å². The van der Waals surface area contributed by atoms with E-state index in [1.165, 1.54) is 6.07 Å². The minimum atomic E-state index is -0.670. The van der Waals surface area contributed by atoms with Gasteiger partial charge in [0, 0.05) is 12.6 Å². The number of halogens is 2. The van der Waals surface area contributed by atoms with Crippen molar-refractivity contribution < 1.29 is 8.78 Å². The zero-order valence-corrected chi connectivity index (χ0v) is 9.35. The largest absolute Gasteiger partial charge is 0.308 e. The quantitative estimate of drug-likeness (QED) is 0.358. The normalized spacial score (nSPS) is 11.7. The Morgan fingerprint density at radius 2 is 2.06 bits per heavy atom. The van der Waals surface area contributed by atoms with Crippen LogP contribution >= 0.6 is 0 Å². The summed E-state index contributed by atoms with van der Waals surface area (Å²) in [7, 11) is 0. The van der Waals surface area contributed by atoms with E-state index in [1.807, 2.05) is 6.92 Å². The number of hydrogen-bond donors (Lipinski definition) is 2. The van der Waals surface area contributed by atoms with Gasteiger partial charge in [0.2, 0.25) is 0 Å². The maximum atomic E-state index is 13.5. The van der Waals surface area contributed by atoms with E-state index in [0.717, 1.165) is 12.5 Å². The summed E-state index contributed by atoms with van der Waals surface area (Å²) in [6.07, 6.45) is 0.826. The van der Waals surface area contributed by atoms with E-state index in [0.29, 0.717) is 12.1 Å². The average molecular weight is 227 g/mol. The Morgan fingerprint density at radius 3 is 2.62 bits per heavy atom. The third kappa shape index (κ3) is 2.76. The summed E-state index contributed by atoms with van der Waals surface area (Å²) in [5, 5.41) is 0. The van der Waals surface area contributed by atoms with E-state index in [2.05, 4.69) is 10.4 Å². The van der Waals surface area contributed by atoms with Crippen molar-refractivity contribution in [3.8, 4) is 0 Å². The molecule has 0 aromatic heterocycles. The number of hydrogen-bond acceptors (Lipinski definition) is 2. The van der Waals surface area contributed by atoms with Crippen molar-refractivity contribution in [1.82, 2.24) is 5.43 Å². The Balaban J connectivity index is 3.15. The van der Waals surface area contributed by atoms with Crippen LogP contribution in [-0.2, 0) is 0 Å². The predicted octanol–water partition coefficient (Wildman–Crippen LogP) is 1.89. The monoisotopic (exact) mass is 227 g/mol. The Hall–Kier alpha value is -1.49. The smallest absolute Gasteiger partial charge is 0.145 e. The van der Waals surface area contributed by atoms with Crippen LogP contribution in [0, 0.1) is 18.6 Å². The third-order valence-electron chi connectivity index (χ3n) is 2.13. The molecule has 1 aromatic rings. The van der Waals surface area contributed by atoms with Crippen molar-refractivity contribution in [2.75, 3.05) is 6.54 Å². The highest BCUT2D eigenvalue weighted by atomic mass is 19.1. The minimum absolute atomic E-state index is 0.190. The van der Waals surface area contributed by atoms with Crippen LogP contribution < -0.4 is 11.3 Å². The number of nitrogens with two attached hydrogens (primary N) is 1. The van der Waals surface area contributed by atoms with Gasteiger partial charge in [-0.1, -0.05) is 6.92 Å². The molecule has 1 rings (SSSR count). The molecule has 0 saturated heterocycles. The molecule has 0 aliphatic heterocycles. The molecule has 88 valence electrons. The van der Waals surface area contributed by atoms with Crippen LogP contribution in [0.3, 0.4) is 0 Å². The molecule has 0 aliphatic rings. The summed E-state index contributed by atoms with van der Waals surface area (Å²) >= 11 is 0. The summed E-state index contributed by atoms with van der Waals surface area (Å²) in [4.78, 5) is 4.08. The molecule has 0 amide bonds. The van der Waals surface area contributed by atoms with E-state index >= 15 is 0 Å². The lowest BCUT2D eigenvalue weighted by atomic mass is 10.1. The first-order chi connectivity index (χ1) is 7.60. The fraction of sp³-hybridized carbons (Fsp3) is 0.364. The predicted molar refractivity (Wildman–Crippen MR) is 60.1 cm³/mol. The van der Waals surface area contributed by atoms with Crippen LogP contribution in [0.2, 0.25) is 0 Å². The van der Waals surface area contributed by atoms with Crippen molar-refractivity contribution in [2.45, 2.75) is 20.3 Å². The second-order valence-corrected chi connectivity index (χ2v) is 3.46. The standard InChI is InChI=1S/C11H15F2N3/c1-3-4-15-11(16-14)8-5-7(2)9(12)6-10(8)13/h5-6H,3-4,14H2,1-2H3,(H,15,16). The molecule has 1 aromatic carbocycles. The van der Waals surface area contributed by atoms with E-state index in [1.54, 1.807) is 6.92 Å². The van der Waals surface area contributed by atoms with E-state index in [-0.39, 0.29) is 11.4 Å². The first-order valence-corrected chi connectivity index (χ1v) is 5.07. The summed E-state index contributed by atoms with van der Waals surface area (Å²) < 4.78 is 26.5. The van der Waals surface area contributed by atoms with E-state index in [4.69, 9.17) is 5.84 Å². The topological polar surface area (TPSA) is 50.4 Å². The highest BCUT2D eigenvalue weighted by Crippen LogP contribution is 2.14. The average Bonchev–Trinajstić information content (AvgIpc) is 2.26. The van der Waals surface area contributed by atoms with Gasteiger partial charge >= 0.3 is 0 Å². The molecule has 0 bridgehead atoms. The SMILES string of the molecule is CCCN=C(NN)c1cc(C)c(F)cc1F. The lowest BCUT2D eigenvalue weighted by molar-refractivity contribution is 0.575. The van der Waals surface area contributed by atoms with Crippen LogP contribution in [0.5, 0.6) is 0 Å². The molecule has 0 radical (unpaired) electrons. The van der Waals surface area contributed by atoms with Gasteiger partial charge in [-0.25, -0.2) is 14.6 Å². The second kappa shape index (κ2) is 5.55. The number of nitrogens with one attached hydrogen (secondary N) is 1. The Bertz CT molecular complexity index is 402. The van der Waals surface area contributed by atoms with Crippen molar-refractivity contribution in [2.24, 2.45) is 10.8 Å². The van der Waals surface area contributed by atoms with E-state index in [9.17, 15) is 8.78 Å². The van der Waals surface area contributed by atoms with Crippen LogP contribution in [-0.4, -0.2) is 12.4 Å². The number of amidine groups is 1. The fourth-order valence-corrected chi connectivity index (χ4v) is 1.27. The molecule has 3 N–H and O–H groups in total. The number of hydrazine groups is 1. The number of aryl methyl sites for hydroxylation is 1. The van der Waals surface area contributed by atoms with Gasteiger partial charge in [-0.2, -0.15) is 0 Å². The minimum Gasteiger partial charge on any atom is -0.308 e. The van der Waals surface area contributed by atoms with Crippen molar-refractivity contribution >= 4 is 5.84 Å². The number of benzene rings is 1. The maximum Gasteiger partial charge on any atom is 0.145 e. The molecule has 16 heavy (non-hydrogen) atoms.